The monoisotopic (exact) mass is 211 g/mol. The Morgan fingerprint density at radius 3 is 2.88 bits per heavy atom. The first-order chi connectivity index (χ1) is 7.84. The van der Waals surface area contributed by atoms with Crippen LogP contribution in [0.1, 0.15) is 0 Å². The smallest absolute Gasteiger partial charge is 0.240 e. The van der Waals surface area contributed by atoms with Crippen molar-refractivity contribution in [2.75, 3.05) is 5.73 Å². The van der Waals surface area contributed by atoms with E-state index < -0.39 is 0 Å². The highest BCUT2D eigenvalue weighted by Gasteiger charge is 2.07. The third kappa shape index (κ3) is 1.30. The molecule has 0 saturated heterocycles. The van der Waals surface area contributed by atoms with E-state index >= 15 is 0 Å². The summed E-state index contributed by atoms with van der Waals surface area (Å²) in [5.41, 5.74) is 8.08. The first-order valence-corrected chi connectivity index (χ1v) is 4.87. The Balaban J connectivity index is 2.31. The summed E-state index contributed by atoms with van der Waals surface area (Å²) < 4.78 is 1.65. The van der Waals surface area contributed by atoms with Gasteiger partial charge in [-0.1, -0.05) is 6.07 Å². The first-order valence-electron chi connectivity index (χ1n) is 4.87. The molecule has 0 aliphatic carbocycles. The van der Waals surface area contributed by atoms with E-state index in [-0.39, 0.29) is 5.95 Å². The van der Waals surface area contributed by atoms with E-state index in [9.17, 15) is 0 Å². The fourth-order valence-electron chi connectivity index (χ4n) is 1.64. The van der Waals surface area contributed by atoms with E-state index in [4.69, 9.17) is 5.73 Å². The standard InChI is InChI=1S/C11H9N5/c12-11-14-10-8(4-3-7-16(10)15-11)9-5-1-2-6-13-9/h1-7H,(H2,12,15). The minimum Gasteiger partial charge on any atom is -0.366 e. The maximum atomic E-state index is 5.57. The highest BCUT2D eigenvalue weighted by atomic mass is 15.3. The molecule has 0 bridgehead atoms. The third-order valence-electron chi connectivity index (χ3n) is 2.32. The van der Waals surface area contributed by atoms with Crippen LogP contribution in [0.2, 0.25) is 0 Å². The van der Waals surface area contributed by atoms with Crippen molar-refractivity contribution in [2.24, 2.45) is 0 Å². The van der Waals surface area contributed by atoms with Crippen LogP contribution in [0.5, 0.6) is 0 Å². The number of pyridine rings is 2. The molecule has 0 unspecified atom stereocenters. The Labute approximate surface area is 91.6 Å². The van der Waals surface area contributed by atoms with E-state index in [2.05, 4.69) is 15.1 Å². The Morgan fingerprint density at radius 2 is 2.06 bits per heavy atom. The number of hydrogen-bond donors (Lipinski definition) is 1. The lowest BCUT2D eigenvalue weighted by Gasteiger charge is -2.00. The Kier molecular flexibility index (Phi) is 1.83. The molecule has 0 spiro atoms. The van der Waals surface area contributed by atoms with Crippen molar-refractivity contribution >= 4 is 11.6 Å². The molecular weight excluding hydrogens is 202 g/mol. The van der Waals surface area contributed by atoms with Crippen LogP contribution >= 0.6 is 0 Å². The van der Waals surface area contributed by atoms with Gasteiger partial charge in [0, 0.05) is 18.0 Å². The quantitative estimate of drug-likeness (QED) is 0.660. The number of aromatic nitrogens is 4. The van der Waals surface area contributed by atoms with Gasteiger partial charge in [-0.05, 0) is 24.3 Å². The number of nitrogens with zero attached hydrogens (tertiary/aromatic N) is 4. The van der Waals surface area contributed by atoms with Gasteiger partial charge < -0.3 is 5.73 Å². The van der Waals surface area contributed by atoms with Crippen molar-refractivity contribution in [1.29, 1.82) is 0 Å². The van der Waals surface area contributed by atoms with Gasteiger partial charge in [0.25, 0.3) is 0 Å². The van der Waals surface area contributed by atoms with Crippen LogP contribution in [0.25, 0.3) is 16.9 Å². The summed E-state index contributed by atoms with van der Waals surface area (Å²) in [4.78, 5) is 8.47. The number of hydrogen-bond acceptors (Lipinski definition) is 4. The van der Waals surface area contributed by atoms with Gasteiger partial charge in [-0.2, -0.15) is 4.98 Å². The second-order valence-corrected chi connectivity index (χ2v) is 3.38. The molecule has 0 aromatic carbocycles. The summed E-state index contributed by atoms with van der Waals surface area (Å²) in [5, 5.41) is 4.05. The van der Waals surface area contributed by atoms with Crippen LogP contribution < -0.4 is 5.73 Å². The average molecular weight is 211 g/mol. The predicted octanol–water partition coefficient (Wildman–Crippen LogP) is 1.37. The molecule has 0 radical (unpaired) electrons. The maximum absolute atomic E-state index is 5.57. The number of rotatable bonds is 1. The van der Waals surface area contributed by atoms with Gasteiger partial charge in [0.15, 0.2) is 5.65 Å². The zero-order chi connectivity index (χ0) is 11.0. The summed E-state index contributed by atoms with van der Waals surface area (Å²) in [5.74, 6) is 0.267. The molecule has 3 aromatic heterocycles. The summed E-state index contributed by atoms with van der Waals surface area (Å²) in [6, 6.07) is 9.59. The van der Waals surface area contributed by atoms with Gasteiger partial charge in [-0.15, -0.1) is 5.10 Å². The van der Waals surface area contributed by atoms with E-state index in [1.54, 1.807) is 10.7 Å². The lowest BCUT2D eigenvalue weighted by Crippen LogP contribution is -1.90. The molecule has 3 aromatic rings. The lowest BCUT2D eigenvalue weighted by molar-refractivity contribution is 0.968. The summed E-state index contributed by atoms with van der Waals surface area (Å²) >= 11 is 0. The third-order valence-corrected chi connectivity index (χ3v) is 2.32. The van der Waals surface area contributed by atoms with E-state index in [0.717, 1.165) is 16.9 Å². The van der Waals surface area contributed by atoms with Gasteiger partial charge in [0.2, 0.25) is 5.95 Å². The molecule has 5 heteroatoms. The van der Waals surface area contributed by atoms with Crippen LogP contribution in [0, 0.1) is 0 Å². The summed E-state index contributed by atoms with van der Waals surface area (Å²) in [6.07, 6.45) is 3.56. The Morgan fingerprint density at radius 1 is 1.12 bits per heavy atom. The van der Waals surface area contributed by atoms with Gasteiger partial charge in [-0.3, -0.25) is 4.98 Å². The van der Waals surface area contributed by atoms with Crippen molar-refractivity contribution < 1.29 is 0 Å². The molecule has 0 atom stereocenters. The van der Waals surface area contributed by atoms with Crippen LogP contribution in [-0.2, 0) is 0 Å². The van der Waals surface area contributed by atoms with E-state index in [0.29, 0.717) is 0 Å². The van der Waals surface area contributed by atoms with Crippen LogP contribution in [0.15, 0.2) is 42.7 Å². The number of nitrogens with two attached hydrogens (primary N) is 1. The highest BCUT2D eigenvalue weighted by Crippen LogP contribution is 2.20. The molecule has 3 rings (SSSR count). The molecule has 0 fully saturated rings. The van der Waals surface area contributed by atoms with Crippen molar-refractivity contribution in [3.63, 3.8) is 0 Å². The molecule has 5 nitrogen and oxygen atoms in total. The summed E-state index contributed by atoms with van der Waals surface area (Å²) in [6.45, 7) is 0. The fraction of sp³-hybridized carbons (Fsp3) is 0. The molecule has 16 heavy (non-hydrogen) atoms. The molecule has 2 N–H and O–H groups in total. The van der Waals surface area contributed by atoms with Crippen molar-refractivity contribution in [3.8, 4) is 11.3 Å². The number of anilines is 1. The highest BCUT2D eigenvalue weighted by molar-refractivity contribution is 5.75. The minimum atomic E-state index is 0.267. The van der Waals surface area contributed by atoms with Crippen LogP contribution in [0.4, 0.5) is 5.95 Å². The van der Waals surface area contributed by atoms with Gasteiger partial charge in [-0.25, -0.2) is 4.52 Å². The minimum absolute atomic E-state index is 0.267. The van der Waals surface area contributed by atoms with Crippen molar-refractivity contribution in [2.45, 2.75) is 0 Å². The maximum Gasteiger partial charge on any atom is 0.240 e. The second kappa shape index (κ2) is 3.30. The zero-order valence-electron chi connectivity index (χ0n) is 8.41. The summed E-state index contributed by atoms with van der Waals surface area (Å²) in [7, 11) is 0. The predicted molar refractivity (Wildman–Crippen MR) is 60.6 cm³/mol. The molecule has 0 aliphatic rings. The molecule has 0 amide bonds. The lowest BCUT2D eigenvalue weighted by atomic mass is 10.2. The molecule has 3 heterocycles. The topological polar surface area (TPSA) is 69.1 Å². The first kappa shape index (κ1) is 8.84. The molecule has 0 aliphatic heterocycles. The van der Waals surface area contributed by atoms with Gasteiger partial charge in [0.1, 0.15) is 0 Å². The Hall–Kier alpha value is -2.43. The van der Waals surface area contributed by atoms with E-state index in [1.165, 1.54) is 0 Å². The molecule has 0 saturated carbocycles. The van der Waals surface area contributed by atoms with Gasteiger partial charge >= 0.3 is 0 Å². The Bertz CT molecular complexity index is 629. The normalized spacial score (nSPS) is 10.8. The SMILES string of the molecule is Nc1nc2c(-c3ccccn3)cccn2n1. The van der Waals surface area contributed by atoms with Crippen LogP contribution in [0.3, 0.4) is 0 Å². The van der Waals surface area contributed by atoms with Crippen molar-refractivity contribution in [1.82, 2.24) is 19.6 Å². The van der Waals surface area contributed by atoms with Crippen molar-refractivity contribution in [3.05, 3.63) is 42.7 Å². The van der Waals surface area contributed by atoms with E-state index in [1.807, 2.05) is 36.5 Å². The molecular formula is C11H9N5. The van der Waals surface area contributed by atoms with Gasteiger partial charge in [0.05, 0.1) is 5.69 Å². The number of nitrogen functional groups attached to an aromatic ring is 1. The molecule has 78 valence electrons. The fourth-order valence-corrected chi connectivity index (χ4v) is 1.64. The zero-order valence-corrected chi connectivity index (χ0v) is 8.41. The number of fused-ring (bicyclic) bond motifs is 1. The largest absolute Gasteiger partial charge is 0.366 e. The second-order valence-electron chi connectivity index (χ2n) is 3.38. The average Bonchev–Trinajstić information content (AvgIpc) is 2.70. The van der Waals surface area contributed by atoms with Crippen LogP contribution in [-0.4, -0.2) is 19.6 Å².